The molecule has 17 heteroatoms. The van der Waals surface area contributed by atoms with Gasteiger partial charge in [-0.25, -0.2) is 9.97 Å². The Bertz CT molecular complexity index is 2010. The monoisotopic (exact) mass is 670 g/mol. The number of hydrogen-bond acceptors (Lipinski definition) is 10. The van der Waals surface area contributed by atoms with E-state index in [0.29, 0.717) is 22.6 Å². The molecule has 0 spiro atoms. The van der Waals surface area contributed by atoms with Gasteiger partial charge in [-0.15, -0.1) is 0 Å². The molecule has 3 heterocycles. The molecule has 3 aromatic heterocycles. The first-order valence-electron chi connectivity index (χ1n) is 13.4. The zero-order valence-corrected chi connectivity index (χ0v) is 25.0. The van der Waals surface area contributed by atoms with E-state index >= 15 is 0 Å². The predicted octanol–water partition coefficient (Wildman–Crippen LogP) is 7.21. The normalized spacial score (nSPS) is 11.6. The molecule has 0 saturated heterocycles. The van der Waals surface area contributed by atoms with Crippen molar-refractivity contribution in [1.82, 2.24) is 29.5 Å². The lowest BCUT2D eigenvalue weighted by Gasteiger charge is -2.12. The summed E-state index contributed by atoms with van der Waals surface area (Å²) < 4.78 is 77.2. The second-order valence-corrected chi connectivity index (χ2v) is 10.5. The lowest BCUT2D eigenvalue weighted by atomic mass is 10.1. The third-order valence-electron chi connectivity index (χ3n) is 6.50. The summed E-state index contributed by atoms with van der Waals surface area (Å²) in [7, 11) is 0. The molecule has 0 amide bonds. The largest absolute Gasteiger partial charge is 0.416 e. The van der Waals surface area contributed by atoms with Gasteiger partial charge >= 0.3 is 12.4 Å². The number of nitrogens with two attached hydrogens (primary N) is 3. The first-order chi connectivity index (χ1) is 22.2. The van der Waals surface area contributed by atoms with Crippen molar-refractivity contribution in [3.63, 3.8) is 0 Å². The van der Waals surface area contributed by atoms with E-state index in [1.54, 1.807) is 6.07 Å². The van der Waals surface area contributed by atoms with Gasteiger partial charge in [0.15, 0.2) is 5.16 Å². The molecule has 3 aromatic carbocycles. The predicted molar refractivity (Wildman–Crippen MR) is 169 cm³/mol. The van der Waals surface area contributed by atoms with Gasteiger partial charge in [-0.05, 0) is 60.4 Å². The number of nitrogen functional groups attached to an aromatic ring is 3. The molecule has 0 atom stereocenters. The Balaban J connectivity index is 0.000000207. The summed E-state index contributed by atoms with van der Waals surface area (Å²) in [4.78, 5) is 20.7. The highest BCUT2D eigenvalue weighted by Crippen LogP contribution is 2.33. The summed E-state index contributed by atoms with van der Waals surface area (Å²) >= 11 is 1.46. The molecule has 242 valence electrons. The summed E-state index contributed by atoms with van der Waals surface area (Å²) in [5.41, 5.74) is 18.5. The van der Waals surface area contributed by atoms with Crippen molar-refractivity contribution in [2.24, 2.45) is 0 Å². The quantitative estimate of drug-likeness (QED) is 0.109. The third-order valence-corrected chi connectivity index (χ3v) is 7.14. The fourth-order valence-electron chi connectivity index (χ4n) is 4.33. The van der Waals surface area contributed by atoms with Crippen LogP contribution in [-0.2, 0) is 12.4 Å². The van der Waals surface area contributed by atoms with E-state index in [0.717, 1.165) is 40.5 Å². The van der Waals surface area contributed by atoms with Crippen molar-refractivity contribution in [2.75, 3.05) is 28.8 Å². The second kappa shape index (κ2) is 13.0. The van der Waals surface area contributed by atoms with Gasteiger partial charge in [0.25, 0.3) is 0 Å². The van der Waals surface area contributed by atoms with Crippen LogP contribution in [0.4, 0.5) is 55.6 Å². The van der Waals surface area contributed by atoms with Crippen LogP contribution in [0.2, 0.25) is 0 Å². The van der Waals surface area contributed by atoms with Gasteiger partial charge < -0.3 is 22.5 Å². The van der Waals surface area contributed by atoms with E-state index in [4.69, 9.17) is 17.2 Å². The Morgan fingerprint density at radius 3 is 1.96 bits per heavy atom. The van der Waals surface area contributed by atoms with Crippen LogP contribution >= 0.6 is 11.8 Å². The second-order valence-electron chi connectivity index (χ2n) is 9.70. The minimum absolute atomic E-state index is 0.0168. The standard InChI is InChI=1S/C19H15F3N6S.C11H9F3N4/c1-29-18-25-13-4-2-3-5-14(13)28(18)16-10-15(23)26-17(27-16)24-12-8-6-11(7-9-12)19(20,21)22;12-11(13,14)7-3-1-6(2-4-7)8-5-17-10(16)18-9(8)15/h2-10H,1H3,(H3,23,24,26,27);1-5H,(H4,15,16,17,18). The van der Waals surface area contributed by atoms with Crippen molar-refractivity contribution >= 4 is 52.0 Å². The minimum atomic E-state index is -4.39. The molecular formula is C30H24F6N10S. The molecule has 0 aliphatic rings. The zero-order chi connectivity index (χ0) is 33.9. The summed E-state index contributed by atoms with van der Waals surface area (Å²) in [5.74, 6) is 1.04. The van der Waals surface area contributed by atoms with E-state index in [9.17, 15) is 26.3 Å². The van der Waals surface area contributed by atoms with Crippen LogP contribution < -0.4 is 22.5 Å². The van der Waals surface area contributed by atoms with Crippen LogP contribution in [0, 0.1) is 0 Å². The van der Waals surface area contributed by atoms with E-state index < -0.39 is 23.5 Å². The van der Waals surface area contributed by atoms with Gasteiger partial charge in [0.2, 0.25) is 11.9 Å². The summed E-state index contributed by atoms with van der Waals surface area (Å²) in [5, 5.41) is 3.63. The van der Waals surface area contributed by atoms with E-state index in [2.05, 4.69) is 30.2 Å². The molecular weight excluding hydrogens is 646 g/mol. The number of nitrogens with zero attached hydrogens (tertiary/aromatic N) is 6. The van der Waals surface area contributed by atoms with Crippen LogP contribution in [0.3, 0.4) is 0 Å². The van der Waals surface area contributed by atoms with Crippen LogP contribution in [0.25, 0.3) is 28.0 Å². The van der Waals surface area contributed by atoms with E-state index in [1.165, 1.54) is 42.2 Å². The van der Waals surface area contributed by atoms with Gasteiger partial charge in [0.1, 0.15) is 17.5 Å². The number of imidazole rings is 1. The maximum absolute atomic E-state index is 12.7. The number of thioether (sulfide) groups is 1. The Labute approximate surface area is 267 Å². The molecule has 6 rings (SSSR count). The zero-order valence-electron chi connectivity index (χ0n) is 24.2. The molecule has 0 fully saturated rings. The number of para-hydroxylation sites is 2. The topological polar surface area (TPSA) is 159 Å². The molecule has 0 radical (unpaired) electrons. The molecule has 10 nitrogen and oxygen atoms in total. The van der Waals surface area contributed by atoms with Gasteiger partial charge in [-0.3, -0.25) is 4.57 Å². The molecule has 47 heavy (non-hydrogen) atoms. The van der Waals surface area contributed by atoms with Crippen LogP contribution in [0.15, 0.2) is 90.2 Å². The Morgan fingerprint density at radius 1 is 0.745 bits per heavy atom. The van der Waals surface area contributed by atoms with Crippen molar-refractivity contribution in [1.29, 1.82) is 0 Å². The number of rotatable bonds is 5. The van der Waals surface area contributed by atoms with Crippen molar-refractivity contribution in [3.05, 3.63) is 96.2 Å². The molecule has 0 saturated carbocycles. The van der Waals surface area contributed by atoms with Crippen molar-refractivity contribution in [2.45, 2.75) is 17.5 Å². The molecule has 0 unspecified atom stereocenters. The summed E-state index contributed by atoms with van der Waals surface area (Å²) in [6.45, 7) is 0. The van der Waals surface area contributed by atoms with Crippen LogP contribution in [-0.4, -0.2) is 35.7 Å². The van der Waals surface area contributed by atoms with Crippen molar-refractivity contribution < 1.29 is 26.3 Å². The van der Waals surface area contributed by atoms with Crippen LogP contribution in [0.1, 0.15) is 11.1 Å². The van der Waals surface area contributed by atoms with Gasteiger partial charge in [-0.2, -0.15) is 41.3 Å². The van der Waals surface area contributed by atoms with Gasteiger partial charge in [-0.1, -0.05) is 36.0 Å². The fourth-order valence-corrected chi connectivity index (χ4v) is 4.89. The number of aromatic nitrogens is 6. The lowest BCUT2D eigenvalue weighted by molar-refractivity contribution is -0.138. The van der Waals surface area contributed by atoms with E-state index in [1.807, 2.05) is 35.1 Å². The Hall–Kier alpha value is -5.58. The Morgan fingerprint density at radius 2 is 1.36 bits per heavy atom. The first-order valence-corrected chi connectivity index (χ1v) is 14.6. The molecule has 0 aliphatic heterocycles. The average Bonchev–Trinajstić information content (AvgIpc) is 3.40. The average molecular weight is 671 g/mol. The highest BCUT2D eigenvalue weighted by atomic mass is 32.2. The van der Waals surface area contributed by atoms with Crippen LogP contribution in [0.5, 0.6) is 0 Å². The first kappa shape index (κ1) is 32.8. The number of nitrogens with one attached hydrogen (secondary N) is 1. The number of fused-ring (bicyclic) bond motifs is 1. The summed E-state index contributed by atoms with van der Waals surface area (Å²) in [6.07, 6.45) is -5.47. The third kappa shape index (κ3) is 7.63. The molecule has 7 N–H and O–H groups in total. The van der Waals surface area contributed by atoms with Crippen molar-refractivity contribution in [3.8, 4) is 16.9 Å². The van der Waals surface area contributed by atoms with Gasteiger partial charge in [0, 0.05) is 23.5 Å². The minimum Gasteiger partial charge on any atom is -0.383 e. The highest BCUT2D eigenvalue weighted by molar-refractivity contribution is 7.98. The molecule has 6 aromatic rings. The SMILES string of the molecule is CSc1nc2ccccc2n1-c1cc(N)nc(Nc2ccc(C(F)(F)F)cc2)n1.Nc1ncc(-c2ccc(C(F)(F)F)cc2)c(N)n1. The molecule has 0 aliphatic carbocycles. The maximum atomic E-state index is 12.7. The number of benzene rings is 3. The highest BCUT2D eigenvalue weighted by Gasteiger charge is 2.31. The number of alkyl halides is 6. The lowest BCUT2D eigenvalue weighted by Crippen LogP contribution is -2.07. The van der Waals surface area contributed by atoms with Gasteiger partial charge in [0.05, 0.1) is 22.2 Å². The smallest absolute Gasteiger partial charge is 0.383 e. The maximum Gasteiger partial charge on any atom is 0.416 e. The summed E-state index contributed by atoms with van der Waals surface area (Å²) in [6, 6.07) is 18.4. The Kier molecular flexibility index (Phi) is 9.10. The number of halogens is 6. The number of anilines is 5. The fraction of sp³-hybridized carbons (Fsp3) is 0.100. The number of hydrogen-bond donors (Lipinski definition) is 4. The van der Waals surface area contributed by atoms with E-state index in [-0.39, 0.29) is 23.5 Å². The molecule has 0 bridgehead atoms.